The van der Waals surface area contributed by atoms with Gasteiger partial charge in [0.2, 0.25) is 0 Å². The van der Waals surface area contributed by atoms with Gasteiger partial charge in [0, 0.05) is 5.92 Å². The zero-order chi connectivity index (χ0) is 17.1. The van der Waals surface area contributed by atoms with Crippen LogP contribution in [0.2, 0.25) is 0 Å². The summed E-state index contributed by atoms with van der Waals surface area (Å²) in [5.74, 6) is 0.583. The van der Waals surface area contributed by atoms with Crippen molar-refractivity contribution in [1.29, 1.82) is 0 Å². The molecule has 1 aliphatic carbocycles. The average molecular weight is 387 g/mol. The molecule has 0 aliphatic heterocycles. The lowest BCUT2D eigenvalue weighted by Gasteiger charge is -2.23. The maximum absolute atomic E-state index is 12.9. The van der Waals surface area contributed by atoms with Crippen LogP contribution in [0.1, 0.15) is 36.3 Å². The molecule has 0 radical (unpaired) electrons. The van der Waals surface area contributed by atoms with E-state index < -0.39 is 0 Å². The first kappa shape index (κ1) is 16.8. The zero-order valence-electron chi connectivity index (χ0n) is 13.5. The fraction of sp³-hybridized carbons (Fsp3) is 0.250. The number of rotatable bonds is 3. The first-order chi connectivity index (χ1) is 11.6. The van der Waals surface area contributed by atoms with Crippen molar-refractivity contribution in [2.45, 2.75) is 25.2 Å². The summed E-state index contributed by atoms with van der Waals surface area (Å²) in [5.41, 5.74) is 2.75. The Balaban J connectivity index is 1.93. The van der Waals surface area contributed by atoms with Gasteiger partial charge < -0.3 is 9.84 Å². The number of carbonyl (C=O) groups excluding carboxylic acids is 1. The van der Waals surface area contributed by atoms with Gasteiger partial charge >= 0.3 is 0 Å². The van der Waals surface area contributed by atoms with Gasteiger partial charge in [0.05, 0.1) is 11.6 Å². The van der Waals surface area contributed by atoms with Crippen LogP contribution in [0.25, 0.3) is 6.08 Å². The number of benzene rings is 2. The maximum Gasteiger partial charge on any atom is 0.172 e. The lowest BCUT2D eigenvalue weighted by Crippen LogP contribution is -2.19. The standard InChI is InChI=1S/C20H19BrO3/c1-24-18-12-13(11-17(21)20(18)23)10-15-8-5-9-16(19(15)22)14-6-3-2-4-7-14/h2-4,6-7,10-12,16,23H,5,8-9H2,1H3/b15-10+/t16-/m0/s1. The molecule has 0 unspecified atom stereocenters. The summed E-state index contributed by atoms with van der Waals surface area (Å²) >= 11 is 3.32. The highest BCUT2D eigenvalue weighted by atomic mass is 79.9. The smallest absolute Gasteiger partial charge is 0.172 e. The van der Waals surface area contributed by atoms with Gasteiger partial charge in [0.25, 0.3) is 0 Å². The highest BCUT2D eigenvalue weighted by Gasteiger charge is 2.27. The van der Waals surface area contributed by atoms with E-state index in [0.29, 0.717) is 10.2 Å². The number of Topliss-reactive ketones (excluding diaryl/α,β-unsaturated/α-hetero) is 1. The van der Waals surface area contributed by atoms with Gasteiger partial charge in [-0.3, -0.25) is 4.79 Å². The van der Waals surface area contributed by atoms with Crippen molar-refractivity contribution in [2.75, 3.05) is 7.11 Å². The number of hydrogen-bond donors (Lipinski definition) is 1. The molecule has 0 amide bonds. The monoisotopic (exact) mass is 386 g/mol. The normalized spacial score (nSPS) is 19.5. The Bertz CT molecular complexity index is 781. The number of carbonyl (C=O) groups is 1. The molecule has 0 heterocycles. The molecular formula is C20H19BrO3. The average Bonchev–Trinajstić information content (AvgIpc) is 2.60. The molecule has 1 N–H and O–H groups in total. The summed E-state index contributed by atoms with van der Waals surface area (Å²) in [4.78, 5) is 12.9. The number of ether oxygens (including phenoxy) is 1. The third kappa shape index (κ3) is 3.39. The minimum absolute atomic E-state index is 0.0614. The number of halogens is 1. The molecule has 2 aromatic rings. The Morgan fingerprint density at radius 1 is 1.25 bits per heavy atom. The summed E-state index contributed by atoms with van der Waals surface area (Å²) < 4.78 is 5.73. The number of hydrogen-bond acceptors (Lipinski definition) is 3. The highest BCUT2D eigenvalue weighted by molar-refractivity contribution is 9.10. The summed E-state index contributed by atoms with van der Waals surface area (Å²) in [5, 5.41) is 9.91. The maximum atomic E-state index is 12.9. The second-order valence-electron chi connectivity index (χ2n) is 5.94. The van der Waals surface area contributed by atoms with Crippen LogP contribution in [0.3, 0.4) is 0 Å². The molecule has 1 aliphatic rings. The molecule has 0 bridgehead atoms. The molecule has 0 saturated heterocycles. The van der Waals surface area contributed by atoms with Gasteiger partial charge in [-0.15, -0.1) is 0 Å². The minimum atomic E-state index is -0.0614. The van der Waals surface area contributed by atoms with Crippen LogP contribution < -0.4 is 4.74 Å². The van der Waals surface area contributed by atoms with Crippen LogP contribution in [0.5, 0.6) is 11.5 Å². The summed E-state index contributed by atoms with van der Waals surface area (Å²) in [6, 6.07) is 13.5. The Hall–Kier alpha value is -2.07. The molecule has 2 aromatic carbocycles. The third-order valence-corrected chi connectivity index (χ3v) is 4.99. The Morgan fingerprint density at radius 2 is 2.00 bits per heavy atom. The van der Waals surface area contributed by atoms with Gasteiger partial charge in [-0.25, -0.2) is 0 Å². The van der Waals surface area contributed by atoms with Crippen molar-refractivity contribution in [1.82, 2.24) is 0 Å². The molecule has 1 fully saturated rings. The van der Waals surface area contributed by atoms with E-state index in [2.05, 4.69) is 15.9 Å². The van der Waals surface area contributed by atoms with E-state index in [1.807, 2.05) is 36.4 Å². The van der Waals surface area contributed by atoms with Gasteiger partial charge in [0.15, 0.2) is 17.3 Å². The highest BCUT2D eigenvalue weighted by Crippen LogP contribution is 2.38. The van der Waals surface area contributed by atoms with E-state index in [-0.39, 0.29) is 17.5 Å². The zero-order valence-corrected chi connectivity index (χ0v) is 15.0. The van der Waals surface area contributed by atoms with Gasteiger partial charge in [0.1, 0.15) is 0 Å². The molecule has 1 saturated carbocycles. The van der Waals surface area contributed by atoms with Crippen LogP contribution >= 0.6 is 15.9 Å². The quantitative estimate of drug-likeness (QED) is 0.747. The molecular weight excluding hydrogens is 368 g/mol. The van der Waals surface area contributed by atoms with Crippen LogP contribution in [-0.4, -0.2) is 18.0 Å². The van der Waals surface area contributed by atoms with Gasteiger partial charge in [-0.1, -0.05) is 30.3 Å². The second kappa shape index (κ2) is 7.22. The van der Waals surface area contributed by atoms with E-state index in [1.165, 1.54) is 7.11 Å². The molecule has 24 heavy (non-hydrogen) atoms. The Labute approximate surface area is 150 Å². The number of phenolic OH excluding ortho intramolecular Hbond substituents is 1. The number of ketones is 1. The first-order valence-corrected chi connectivity index (χ1v) is 8.75. The van der Waals surface area contributed by atoms with E-state index in [1.54, 1.807) is 12.1 Å². The van der Waals surface area contributed by atoms with Crippen molar-refractivity contribution >= 4 is 27.8 Å². The fourth-order valence-electron chi connectivity index (χ4n) is 3.16. The fourth-order valence-corrected chi connectivity index (χ4v) is 3.62. The number of aromatic hydroxyl groups is 1. The van der Waals surface area contributed by atoms with Gasteiger partial charge in [-0.05, 0) is 70.1 Å². The van der Waals surface area contributed by atoms with E-state index >= 15 is 0 Å². The molecule has 3 nitrogen and oxygen atoms in total. The Morgan fingerprint density at radius 3 is 2.71 bits per heavy atom. The predicted molar refractivity (Wildman–Crippen MR) is 98.4 cm³/mol. The lowest BCUT2D eigenvalue weighted by molar-refractivity contribution is -0.117. The predicted octanol–water partition coefficient (Wildman–Crippen LogP) is 5.08. The number of phenols is 1. The number of methoxy groups -OCH3 is 1. The molecule has 124 valence electrons. The first-order valence-electron chi connectivity index (χ1n) is 7.96. The molecule has 0 spiro atoms. The summed E-state index contributed by atoms with van der Waals surface area (Å²) in [6.07, 6.45) is 4.57. The van der Waals surface area contributed by atoms with Gasteiger partial charge in [-0.2, -0.15) is 0 Å². The molecule has 3 rings (SSSR count). The summed E-state index contributed by atoms with van der Waals surface area (Å²) in [6.45, 7) is 0. The molecule has 4 heteroatoms. The van der Waals surface area contributed by atoms with Crippen LogP contribution in [0, 0.1) is 0 Å². The van der Waals surface area contributed by atoms with Crippen molar-refractivity contribution in [3.05, 3.63) is 63.6 Å². The van der Waals surface area contributed by atoms with Crippen LogP contribution in [0.15, 0.2) is 52.5 Å². The van der Waals surface area contributed by atoms with Crippen molar-refractivity contribution in [2.24, 2.45) is 0 Å². The van der Waals surface area contributed by atoms with Crippen molar-refractivity contribution in [3.63, 3.8) is 0 Å². The molecule has 1 atom stereocenters. The molecule has 0 aromatic heterocycles. The van der Waals surface area contributed by atoms with Crippen LogP contribution in [0.4, 0.5) is 0 Å². The minimum Gasteiger partial charge on any atom is -0.503 e. The van der Waals surface area contributed by atoms with Crippen molar-refractivity contribution in [3.8, 4) is 11.5 Å². The van der Waals surface area contributed by atoms with E-state index in [0.717, 1.165) is 36.0 Å². The topological polar surface area (TPSA) is 46.5 Å². The summed E-state index contributed by atoms with van der Waals surface area (Å²) in [7, 11) is 1.51. The van der Waals surface area contributed by atoms with E-state index in [4.69, 9.17) is 4.74 Å². The van der Waals surface area contributed by atoms with E-state index in [9.17, 15) is 9.90 Å². The third-order valence-electron chi connectivity index (χ3n) is 4.39. The largest absolute Gasteiger partial charge is 0.503 e. The van der Waals surface area contributed by atoms with Crippen molar-refractivity contribution < 1.29 is 14.6 Å². The van der Waals surface area contributed by atoms with Crippen LogP contribution in [-0.2, 0) is 4.79 Å². The lowest BCUT2D eigenvalue weighted by atomic mass is 9.79. The SMILES string of the molecule is COc1cc(/C=C2\CCC[C@@H](c3ccccc3)C2=O)cc(Br)c1O. The number of allylic oxidation sites excluding steroid dienone is 1. The Kier molecular flexibility index (Phi) is 5.05. The second-order valence-corrected chi connectivity index (χ2v) is 6.80.